The van der Waals surface area contributed by atoms with Gasteiger partial charge < -0.3 is 4.74 Å². The molecular weight excluding hydrogens is 164 g/mol. The normalized spacial score (nSPS) is 8.31. The molecule has 1 aromatic rings. The lowest BCUT2D eigenvalue weighted by atomic mass is 10.1. The largest absolute Gasteiger partial charge is 0.496 e. The summed E-state index contributed by atoms with van der Waals surface area (Å²) in [5, 5.41) is 0. The Hall–Kier alpha value is -1.31. The second kappa shape index (κ2) is 6.23. The van der Waals surface area contributed by atoms with Crippen LogP contribution in [0.15, 0.2) is 18.2 Å². The summed E-state index contributed by atoms with van der Waals surface area (Å²) in [5.41, 5.74) is 1.59. The quantitative estimate of drug-likeness (QED) is 0.654. The first kappa shape index (κ1) is 11.7. The number of benzene rings is 1. The molecule has 0 N–H and O–H groups in total. The van der Waals surface area contributed by atoms with Crippen molar-refractivity contribution in [1.82, 2.24) is 0 Å². The average molecular weight is 180 g/mol. The molecule has 1 rings (SSSR count). The molecule has 72 valence electrons. The minimum atomic E-state index is 0.604. The monoisotopic (exact) mass is 180 g/mol. The summed E-state index contributed by atoms with van der Waals surface area (Å²) in [5.74, 6) is 0.669. The molecular formula is C11H16O2. The van der Waals surface area contributed by atoms with E-state index in [0.717, 1.165) is 11.8 Å². The highest BCUT2D eigenvalue weighted by molar-refractivity contribution is 5.80. The molecule has 2 nitrogen and oxygen atoms in total. The average Bonchev–Trinajstić information content (AvgIpc) is 2.20. The maximum atomic E-state index is 10.5. The zero-order valence-electron chi connectivity index (χ0n) is 8.63. The first-order valence-electron chi connectivity index (χ1n) is 4.38. The molecule has 0 bridgehead atoms. The van der Waals surface area contributed by atoms with E-state index in [4.69, 9.17) is 4.74 Å². The molecule has 0 fully saturated rings. The molecule has 0 aliphatic carbocycles. The summed E-state index contributed by atoms with van der Waals surface area (Å²) < 4.78 is 5.04. The number of methoxy groups -OCH3 is 1. The van der Waals surface area contributed by atoms with Crippen LogP contribution in [-0.4, -0.2) is 13.4 Å². The molecule has 0 saturated carbocycles. The lowest BCUT2D eigenvalue weighted by Gasteiger charge is -2.05. The summed E-state index contributed by atoms with van der Waals surface area (Å²) >= 11 is 0. The predicted octanol–water partition coefficient (Wildman–Crippen LogP) is 2.84. The van der Waals surface area contributed by atoms with Crippen LogP contribution in [0.4, 0.5) is 0 Å². The van der Waals surface area contributed by atoms with Crippen LogP contribution in [0.3, 0.4) is 0 Å². The van der Waals surface area contributed by atoms with Crippen LogP contribution in [0.1, 0.15) is 29.8 Å². The Labute approximate surface area is 79.5 Å². The summed E-state index contributed by atoms with van der Waals surface area (Å²) in [4.78, 5) is 10.5. The van der Waals surface area contributed by atoms with E-state index in [2.05, 4.69) is 0 Å². The lowest BCUT2D eigenvalue weighted by molar-refractivity contribution is 0.112. The van der Waals surface area contributed by atoms with E-state index in [1.807, 2.05) is 32.9 Å². The Morgan fingerprint density at radius 2 is 1.92 bits per heavy atom. The zero-order valence-corrected chi connectivity index (χ0v) is 8.63. The summed E-state index contributed by atoms with van der Waals surface area (Å²) in [6.45, 7) is 5.91. The fourth-order valence-corrected chi connectivity index (χ4v) is 1.05. The molecule has 0 aliphatic heterocycles. The van der Waals surface area contributed by atoms with E-state index < -0.39 is 0 Å². The van der Waals surface area contributed by atoms with Crippen LogP contribution >= 0.6 is 0 Å². The predicted molar refractivity (Wildman–Crippen MR) is 54.5 cm³/mol. The molecule has 0 radical (unpaired) electrons. The van der Waals surface area contributed by atoms with Crippen molar-refractivity contribution in [2.75, 3.05) is 7.11 Å². The molecule has 0 spiro atoms. The second-order valence-electron chi connectivity index (χ2n) is 2.32. The van der Waals surface area contributed by atoms with Crippen LogP contribution < -0.4 is 4.74 Å². The molecule has 0 saturated heterocycles. The standard InChI is InChI=1S/C9H10O2.C2H6/c1-7-4-3-5-8(6-10)9(7)11-2;1-2/h3-6H,1-2H3;1-2H3. The van der Waals surface area contributed by atoms with Crippen molar-refractivity contribution in [2.24, 2.45) is 0 Å². The van der Waals surface area contributed by atoms with E-state index in [9.17, 15) is 4.79 Å². The number of hydrogen-bond donors (Lipinski definition) is 0. The van der Waals surface area contributed by atoms with Gasteiger partial charge in [0.2, 0.25) is 0 Å². The Morgan fingerprint density at radius 3 is 2.31 bits per heavy atom. The van der Waals surface area contributed by atoms with Crippen LogP contribution in [0, 0.1) is 6.92 Å². The van der Waals surface area contributed by atoms with Crippen molar-refractivity contribution in [2.45, 2.75) is 20.8 Å². The van der Waals surface area contributed by atoms with E-state index >= 15 is 0 Å². The second-order valence-corrected chi connectivity index (χ2v) is 2.32. The van der Waals surface area contributed by atoms with Crippen molar-refractivity contribution < 1.29 is 9.53 Å². The molecule has 0 unspecified atom stereocenters. The number of aldehydes is 1. The third-order valence-corrected chi connectivity index (χ3v) is 1.57. The lowest BCUT2D eigenvalue weighted by Crippen LogP contribution is -1.92. The van der Waals surface area contributed by atoms with Crippen molar-refractivity contribution in [3.63, 3.8) is 0 Å². The zero-order chi connectivity index (χ0) is 10.3. The number of carbonyl (C=O) groups is 1. The van der Waals surface area contributed by atoms with Gasteiger partial charge in [0.15, 0.2) is 6.29 Å². The van der Waals surface area contributed by atoms with E-state index in [1.165, 1.54) is 0 Å². The van der Waals surface area contributed by atoms with Gasteiger partial charge in [-0.25, -0.2) is 0 Å². The molecule has 1 aromatic carbocycles. The van der Waals surface area contributed by atoms with Gasteiger partial charge in [0.1, 0.15) is 5.75 Å². The van der Waals surface area contributed by atoms with E-state index in [-0.39, 0.29) is 0 Å². The van der Waals surface area contributed by atoms with Gasteiger partial charge in [-0.1, -0.05) is 26.0 Å². The highest BCUT2D eigenvalue weighted by Gasteiger charge is 2.02. The molecule has 0 aliphatic rings. The molecule has 0 atom stereocenters. The third kappa shape index (κ3) is 2.90. The van der Waals surface area contributed by atoms with Gasteiger partial charge in [-0.3, -0.25) is 4.79 Å². The highest BCUT2D eigenvalue weighted by Crippen LogP contribution is 2.20. The topological polar surface area (TPSA) is 26.3 Å². The summed E-state index contributed by atoms with van der Waals surface area (Å²) in [6, 6.07) is 5.48. The maximum absolute atomic E-state index is 10.5. The van der Waals surface area contributed by atoms with Gasteiger partial charge in [-0.05, 0) is 18.6 Å². The molecule has 2 heteroatoms. The minimum absolute atomic E-state index is 0.604. The van der Waals surface area contributed by atoms with Crippen molar-refractivity contribution in [3.8, 4) is 5.75 Å². The Balaban J connectivity index is 0.000000671. The maximum Gasteiger partial charge on any atom is 0.153 e. The number of hydrogen-bond acceptors (Lipinski definition) is 2. The summed E-state index contributed by atoms with van der Waals surface area (Å²) in [7, 11) is 1.56. The number of rotatable bonds is 2. The van der Waals surface area contributed by atoms with Gasteiger partial charge in [-0.15, -0.1) is 0 Å². The summed E-state index contributed by atoms with van der Waals surface area (Å²) in [6.07, 6.45) is 0.797. The van der Waals surface area contributed by atoms with Gasteiger partial charge >= 0.3 is 0 Å². The Bertz CT molecular complexity index is 267. The van der Waals surface area contributed by atoms with Crippen LogP contribution in [-0.2, 0) is 0 Å². The minimum Gasteiger partial charge on any atom is -0.496 e. The SMILES string of the molecule is CC.COc1c(C)cccc1C=O. The number of aryl methyl sites for hydroxylation is 1. The molecule has 13 heavy (non-hydrogen) atoms. The van der Waals surface area contributed by atoms with Crippen LogP contribution in [0.2, 0.25) is 0 Å². The van der Waals surface area contributed by atoms with Gasteiger partial charge in [0, 0.05) is 0 Å². The van der Waals surface area contributed by atoms with Gasteiger partial charge in [-0.2, -0.15) is 0 Å². The van der Waals surface area contributed by atoms with Crippen LogP contribution in [0.5, 0.6) is 5.75 Å². The van der Waals surface area contributed by atoms with Gasteiger partial charge in [0.25, 0.3) is 0 Å². The van der Waals surface area contributed by atoms with Crippen molar-refractivity contribution >= 4 is 6.29 Å². The number of ether oxygens (including phenoxy) is 1. The fourth-order valence-electron chi connectivity index (χ4n) is 1.05. The first-order valence-corrected chi connectivity index (χ1v) is 4.38. The van der Waals surface area contributed by atoms with Crippen molar-refractivity contribution in [3.05, 3.63) is 29.3 Å². The molecule has 0 amide bonds. The molecule has 0 heterocycles. The molecule has 0 aromatic heterocycles. The fraction of sp³-hybridized carbons (Fsp3) is 0.364. The van der Waals surface area contributed by atoms with E-state index in [1.54, 1.807) is 13.2 Å². The number of para-hydroxylation sites is 1. The Morgan fingerprint density at radius 1 is 1.31 bits per heavy atom. The van der Waals surface area contributed by atoms with Gasteiger partial charge in [0.05, 0.1) is 12.7 Å². The third-order valence-electron chi connectivity index (χ3n) is 1.57. The van der Waals surface area contributed by atoms with E-state index in [0.29, 0.717) is 11.3 Å². The van der Waals surface area contributed by atoms with Crippen LogP contribution in [0.25, 0.3) is 0 Å². The Kier molecular flexibility index (Phi) is 5.60. The first-order chi connectivity index (χ1) is 6.29. The van der Waals surface area contributed by atoms with Crippen molar-refractivity contribution in [1.29, 1.82) is 0 Å². The highest BCUT2D eigenvalue weighted by atomic mass is 16.5. The smallest absolute Gasteiger partial charge is 0.153 e. The number of carbonyl (C=O) groups excluding carboxylic acids is 1.